The van der Waals surface area contributed by atoms with E-state index in [-0.39, 0.29) is 5.91 Å². The minimum Gasteiger partial charge on any atom is -0.353 e. The topological polar surface area (TPSA) is 55.8 Å². The number of aryl methyl sites for hydroxylation is 1. The average molecular weight is 471 g/mol. The van der Waals surface area contributed by atoms with Gasteiger partial charge in [0.05, 0.1) is 10.3 Å². The predicted molar refractivity (Wildman–Crippen MR) is 135 cm³/mol. The molecule has 2 aliphatic heterocycles. The van der Waals surface area contributed by atoms with E-state index in [2.05, 4.69) is 43.4 Å². The number of amides is 1. The van der Waals surface area contributed by atoms with Gasteiger partial charge in [-0.1, -0.05) is 26.2 Å². The molecule has 0 unspecified atom stereocenters. The number of thiophene rings is 1. The van der Waals surface area contributed by atoms with E-state index in [0.717, 1.165) is 91.4 Å². The van der Waals surface area contributed by atoms with Gasteiger partial charge >= 0.3 is 0 Å². The van der Waals surface area contributed by atoms with Crippen molar-refractivity contribution >= 4 is 33.3 Å². The van der Waals surface area contributed by atoms with Crippen molar-refractivity contribution in [3.8, 4) is 0 Å². The van der Waals surface area contributed by atoms with Crippen LogP contribution < -0.4 is 4.90 Å². The molecule has 0 spiro atoms. The zero-order valence-electron chi connectivity index (χ0n) is 20.3. The zero-order valence-corrected chi connectivity index (χ0v) is 21.1. The number of nitrogens with zero attached hydrogens (tertiary/aromatic N) is 6. The fourth-order valence-corrected chi connectivity index (χ4v) is 6.99. The third-order valence-corrected chi connectivity index (χ3v) is 8.99. The molecule has 3 fully saturated rings. The summed E-state index contributed by atoms with van der Waals surface area (Å²) in [7, 11) is 0. The lowest BCUT2D eigenvalue weighted by Gasteiger charge is -2.40. The molecule has 4 heterocycles. The Morgan fingerprint density at radius 2 is 1.73 bits per heavy atom. The number of rotatable bonds is 5. The Morgan fingerprint density at radius 3 is 2.42 bits per heavy atom. The SMILES string of the molecule is CCCN1CCN(c2ncnc3sc(C(=O)N4CCN(C5CCCCC5)CC4)c(C)c23)CC1. The Kier molecular flexibility index (Phi) is 7.13. The lowest BCUT2D eigenvalue weighted by molar-refractivity contribution is 0.0527. The van der Waals surface area contributed by atoms with Crippen LogP contribution in [0.25, 0.3) is 10.2 Å². The fourth-order valence-electron chi connectivity index (χ4n) is 5.88. The molecule has 2 aromatic rings. The van der Waals surface area contributed by atoms with E-state index in [1.807, 2.05) is 0 Å². The highest BCUT2D eigenvalue weighted by molar-refractivity contribution is 7.20. The van der Waals surface area contributed by atoms with Crippen molar-refractivity contribution in [1.29, 1.82) is 0 Å². The Balaban J connectivity index is 1.30. The maximum Gasteiger partial charge on any atom is 0.264 e. The second-order valence-electron chi connectivity index (χ2n) is 9.88. The first-order valence-electron chi connectivity index (χ1n) is 12.9. The van der Waals surface area contributed by atoms with E-state index < -0.39 is 0 Å². The molecule has 180 valence electrons. The van der Waals surface area contributed by atoms with Gasteiger partial charge in [-0.05, 0) is 38.3 Å². The number of carbonyl (C=O) groups excluding carboxylic acids is 1. The van der Waals surface area contributed by atoms with Crippen molar-refractivity contribution in [3.05, 3.63) is 16.8 Å². The Morgan fingerprint density at radius 1 is 1.00 bits per heavy atom. The molecule has 0 aromatic carbocycles. The van der Waals surface area contributed by atoms with E-state index in [1.54, 1.807) is 17.7 Å². The summed E-state index contributed by atoms with van der Waals surface area (Å²) in [6.07, 6.45) is 9.64. The van der Waals surface area contributed by atoms with Gasteiger partial charge < -0.3 is 9.80 Å². The standard InChI is InChI=1S/C25H38N6OS/c1-3-9-28-10-12-30(13-11-28)23-21-19(2)22(33-24(21)27-18-26-23)25(32)31-16-14-29(15-17-31)20-7-5-4-6-8-20/h18,20H,3-17H2,1-2H3. The molecule has 0 radical (unpaired) electrons. The highest BCUT2D eigenvalue weighted by atomic mass is 32.1. The van der Waals surface area contributed by atoms with Crippen LogP contribution in [0.3, 0.4) is 0 Å². The second-order valence-corrected chi connectivity index (χ2v) is 10.9. The van der Waals surface area contributed by atoms with Crippen molar-refractivity contribution in [2.45, 2.75) is 58.4 Å². The number of carbonyl (C=O) groups is 1. The van der Waals surface area contributed by atoms with E-state index in [1.165, 1.54) is 38.5 Å². The minimum atomic E-state index is 0.178. The van der Waals surface area contributed by atoms with Gasteiger partial charge in [0, 0.05) is 58.4 Å². The molecule has 5 rings (SSSR count). The molecule has 2 aromatic heterocycles. The summed E-state index contributed by atoms with van der Waals surface area (Å²) in [4.78, 5) is 34.1. The summed E-state index contributed by atoms with van der Waals surface area (Å²) in [5.74, 6) is 1.18. The normalized spacial score (nSPS) is 21.8. The average Bonchev–Trinajstić information content (AvgIpc) is 3.21. The van der Waals surface area contributed by atoms with Gasteiger partial charge in [-0.25, -0.2) is 9.97 Å². The quantitative estimate of drug-likeness (QED) is 0.665. The van der Waals surface area contributed by atoms with E-state index in [9.17, 15) is 4.79 Å². The van der Waals surface area contributed by atoms with Crippen LogP contribution in [0.15, 0.2) is 6.33 Å². The van der Waals surface area contributed by atoms with Crippen LogP contribution in [-0.2, 0) is 0 Å². The number of fused-ring (bicyclic) bond motifs is 1. The third kappa shape index (κ3) is 4.75. The van der Waals surface area contributed by atoms with Gasteiger partial charge in [-0.15, -0.1) is 11.3 Å². The molecule has 0 N–H and O–H groups in total. The molecule has 3 aliphatic rings. The van der Waals surface area contributed by atoms with Gasteiger partial charge in [0.25, 0.3) is 5.91 Å². The van der Waals surface area contributed by atoms with Crippen molar-refractivity contribution in [2.75, 3.05) is 63.8 Å². The number of piperazine rings is 2. The number of aromatic nitrogens is 2. The smallest absolute Gasteiger partial charge is 0.264 e. The Bertz CT molecular complexity index is 955. The van der Waals surface area contributed by atoms with Crippen LogP contribution in [0.4, 0.5) is 5.82 Å². The summed E-state index contributed by atoms with van der Waals surface area (Å²) < 4.78 is 0. The molecule has 1 saturated carbocycles. The summed E-state index contributed by atoms with van der Waals surface area (Å²) >= 11 is 1.55. The van der Waals surface area contributed by atoms with Crippen molar-refractivity contribution < 1.29 is 4.79 Å². The van der Waals surface area contributed by atoms with Crippen molar-refractivity contribution in [3.63, 3.8) is 0 Å². The summed E-state index contributed by atoms with van der Waals surface area (Å²) in [6, 6.07) is 0.734. The summed E-state index contributed by atoms with van der Waals surface area (Å²) in [5, 5.41) is 1.08. The first kappa shape index (κ1) is 23.0. The number of hydrogen-bond acceptors (Lipinski definition) is 7. The molecule has 8 heteroatoms. The van der Waals surface area contributed by atoms with Crippen LogP contribution >= 0.6 is 11.3 Å². The van der Waals surface area contributed by atoms with E-state index in [4.69, 9.17) is 0 Å². The van der Waals surface area contributed by atoms with Crippen molar-refractivity contribution in [2.24, 2.45) is 0 Å². The molecule has 1 aliphatic carbocycles. The van der Waals surface area contributed by atoms with Gasteiger partial charge in [0.1, 0.15) is 17.0 Å². The zero-order chi connectivity index (χ0) is 22.8. The van der Waals surface area contributed by atoms with Crippen LogP contribution in [0.1, 0.15) is 60.7 Å². The molecule has 33 heavy (non-hydrogen) atoms. The summed E-state index contributed by atoms with van der Waals surface area (Å²) in [6.45, 7) is 13.3. The largest absolute Gasteiger partial charge is 0.353 e. The monoisotopic (exact) mass is 470 g/mol. The van der Waals surface area contributed by atoms with Gasteiger partial charge in [-0.3, -0.25) is 14.6 Å². The van der Waals surface area contributed by atoms with Crippen LogP contribution in [0, 0.1) is 6.92 Å². The van der Waals surface area contributed by atoms with E-state index >= 15 is 0 Å². The maximum absolute atomic E-state index is 13.5. The highest BCUT2D eigenvalue weighted by Gasteiger charge is 2.30. The first-order chi connectivity index (χ1) is 16.2. The van der Waals surface area contributed by atoms with Crippen LogP contribution in [0.2, 0.25) is 0 Å². The second kappa shape index (κ2) is 10.2. The lowest BCUT2D eigenvalue weighted by atomic mass is 9.94. The third-order valence-electron chi connectivity index (χ3n) is 7.81. The Labute approximate surface area is 201 Å². The molecule has 1 amide bonds. The number of hydrogen-bond donors (Lipinski definition) is 0. The molecule has 0 atom stereocenters. The Hall–Kier alpha value is -1.77. The van der Waals surface area contributed by atoms with Crippen LogP contribution in [0.5, 0.6) is 0 Å². The van der Waals surface area contributed by atoms with Gasteiger partial charge in [-0.2, -0.15) is 0 Å². The molecule has 0 bridgehead atoms. The maximum atomic E-state index is 13.5. The summed E-state index contributed by atoms with van der Waals surface area (Å²) in [5.41, 5.74) is 1.06. The van der Waals surface area contributed by atoms with Gasteiger partial charge in [0.2, 0.25) is 0 Å². The molecular weight excluding hydrogens is 432 g/mol. The first-order valence-corrected chi connectivity index (χ1v) is 13.7. The fraction of sp³-hybridized carbons (Fsp3) is 0.720. The lowest BCUT2D eigenvalue weighted by Crippen LogP contribution is -2.52. The molecule has 7 nitrogen and oxygen atoms in total. The molecular formula is C25H38N6OS. The van der Waals surface area contributed by atoms with Crippen molar-refractivity contribution in [1.82, 2.24) is 24.7 Å². The number of anilines is 1. The van der Waals surface area contributed by atoms with Gasteiger partial charge in [0.15, 0.2) is 0 Å². The molecule has 2 saturated heterocycles. The van der Waals surface area contributed by atoms with E-state index in [0.29, 0.717) is 0 Å². The minimum absolute atomic E-state index is 0.178. The predicted octanol–water partition coefficient (Wildman–Crippen LogP) is 3.62. The highest BCUT2D eigenvalue weighted by Crippen LogP contribution is 2.36. The van der Waals surface area contributed by atoms with Crippen LogP contribution in [-0.4, -0.2) is 95.5 Å².